The van der Waals surface area contributed by atoms with Gasteiger partial charge in [0.15, 0.2) is 5.82 Å². The summed E-state index contributed by atoms with van der Waals surface area (Å²) in [5.41, 5.74) is 4.46. The highest BCUT2D eigenvalue weighted by Crippen LogP contribution is 2.31. The van der Waals surface area contributed by atoms with Gasteiger partial charge in [0.1, 0.15) is 5.82 Å². The minimum absolute atomic E-state index is 0. The van der Waals surface area contributed by atoms with E-state index in [0.717, 1.165) is 22.6 Å². The molecule has 2 aromatic heterocycles. The molecular weight excluding hydrogens is 337 g/mol. The third-order valence-electron chi connectivity index (χ3n) is 4.47. The molecule has 3 rings (SSSR count). The SMILES string of the molecule is C#CCn1c(C)c(C)c2ccnc(N(C)Cc3ccc(F)cc3)c21.Cl. The van der Waals surface area contributed by atoms with Gasteiger partial charge in [-0.15, -0.1) is 18.8 Å². The normalized spacial score (nSPS) is 10.4. The minimum atomic E-state index is -0.226. The number of halogens is 2. The second kappa shape index (κ2) is 7.58. The Hall–Kier alpha value is -2.51. The highest BCUT2D eigenvalue weighted by Gasteiger charge is 2.17. The van der Waals surface area contributed by atoms with Crippen molar-refractivity contribution in [3.8, 4) is 12.3 Å². The fourth-order valence-corrected chi connectivity index (χ4v) is 3.08. The highest BCUT2D eigenvalue weighted by molar-refractivity contribution is 5.93. The van der Waals surface area contributed by atoms with Crippen LogP contribution in [0.4, 0.5) is 10.2 Å². The van der Waals surface area contributed by atoms with Gasteiger partial charge >= 0.3 is 0 Å². The van der Waals surface area contributed by atoms with E-state index in [-0.39, 0.29) is 18.2 Å². The first-order chi connectivity index (χ1) is 11.5. The number of pyridine rings is 1. The predicted octanol–water partition coefficient (Wildman–Crippen LogP) is 4.48. The summed E-state index contributed by atoms with van der Waals surface area (Å²) in [6.07, 6.45) is 7.38. The van der Waals surface area contributed by atoms with Crippen LogP contribution in [-0.2, 0) is 13.1 Å². The number of anilines is 1. The van der Waals surface area contributed by atoms with Crippen LogP contribution in [0.2, 0.25) is 0 Å². The number of nitrogens with zero attached hydrogens (tertiary/aromatic N) is 3. The van der Waals surface area contributed by atoms with Crippen molar-refractivity contribution in [2.45, 2.75) is 26.9 Å². The number of aromatic nitrogens is 2. The average Bonchev–Trinajstić information content (AvgIpc) is 2.82. The lowest BCUT2D eigenvalue weighted by Gasteiger charge is -2.20. The van der Waals surface area contributed by atoms with Gasteiger partial charge < -0.3 is 9.47 Å². The zero-order chi connectivity index (χ0) is 17.3. The maximum Gasteiger partial charge on any atom is 0.153 e. The predicted molar refractivity (Wildman–Crippen MR) is 104 cm³/mol. The van der Waals surface area contributed by atoms with Crippen molar-refractivity contribution in [2.75, 3.05) is 11.9 Å². The molecule has 0 fully saturated rings. The van der Waals surface area contributed by atoms with Crippen molar-refractivity contribution in [1.29, 1.82) is 0 Å². The number of hydrogen-bond acceptors (Lipinski definition) is 2. The summed E-state index contributed by atoms with van der Waals surface area (Å²) in [5, 5.41) is 1.17. The maximum atomic E-state index is 13.1. The van der Waals surface area contributed by atoms with Crippen LogP contribution >= 0.6 is 12.4 Å². The number of fused-ring (bicyclic) bond motifs is 1. The molecule has 1 aromatic carbocycles. The van der Waals surface area contributed by atoms with Crippen LogP contribution in [0, 0.1) is 32.0 Å². The number of terminal acetylenes is 1. The smallest absolute Gasteiger partial charge is 0.153 e. The average molecular weight is 358 g/mol. The first-order valence-corrected chi connectivity index (χ1v) is 7.86. The summed E-state index contributed by atoms with van der Waals surface area (Å²) < 4.78 is 15.2. The van der Waals surface area contributed by atoms with Crippen molar-refractivity contribution < 1.29 is 4.39 Å². The molecule has 0 amide bonds. The van der Waals surface area contributed by atoms with Crippen molar-refractivity contribution in [1.82, 2.24) is 9.55 Å². The first-order valence-electron chi connectivity index (χ1n) is 7.86. The van der Waals surface area contributed by atoms with Crippen LogP contribution in [0.1, 0.15) is 16.8 Å². The van der Waals surface area contributed by atoms with Crippen LogP contribution in [-0.4, -0.2) is 16.6 Å². The molecular formula is C20H21ClFN3. The van der Waals surface area contributed by atoms with E-state index < -0.39 is 0 Å². The third kappa shape index (κ3) is 3.47. The Morgan fingerprint density at radius 1 is 1.20 bits per heavy atom. The van der Waals surface area contributed by atoms with E-state index in [1.165, 1.54) is 23.1 Å². The summed E-state index contributed by atoms with van der Waals surface area (Å²) in [6, 6.07) is 8.57. The van der Waals surface area contributed by atoms with Crippen LogP contribution in [0.25, 0.3) is 10.9 Å². The number of benzene rings is 1. The molecule has 0 saturated carbocycles. The van der Waals surface area contributed by atoms with Gasteiger partial charge in [-0.05, 0) is 43.2 Å². The van der Waals surface area contributed by atoms with E-state index in [9.17, 15) is 4.39 Å². The standard InChI is InChI=1S/C20H20FN3.ClH/c1-5-12-24-15(3)14(2)18-10-11-22-20(19(18)24)23(4)13-16-6-8-17(21)9-7-16;/h1,6-11H,12-13H2,2-4H3;1H. The van der Waals surface area contributed by atoms with Gasteiger partial charge in [0.05, 0.1) is 12.1 Å². The highest BCUT2D eigenvalue weighted by atomic mass is 35.5. The Morgan fingerprint density at radius 3 is 2.52 bits per heavy atom. The van der Waals surface area contributed by atoms with Gasteiger partial charge in [-0.25, -0.2) is 9.37 Å². The Balaban J connectivity index is 0.00000225. The van der Waals surface area contributed by atoms with E-state index >= 15 is 0 Å². The number of hydrogen-bond donors (Lipinski definition) is 0. The van der Waals surface area contributed by atoms with Gasteiger partial charge in [-0.1, -0.05) is 18.1 Å². The van der Waals surface area contributed by atoms with Gasteiger partial charge in [-0.3, -0.25) is 0 Å². The molecule has 25 heavy (non-hydrogen) atoms. The molecule has 0 radical (unpaired) electrons. The summed E-state index contributed by atoms with van der Waals surface area (Å²) in [6.45, 7) is 5.34. The third-order valence-corrected chi connectivity index (χ3v) is 4.47. The molecule has 3 aromatic rings. The number of rotatable bonds is 4. The second-order valence-electron chi connectivity index (χ2n) is 6.01. The lowest BCUT2D eigenvalue weighted by atomic mass is 10.2. The fraction of sp³-hybridized carbons (Fsp3) is 0.250. The van der Waals surface area contributed by atoms with Gasteiger partial charge in [0.2, 0.25) is 0 Å². The molecule has 5 heteroatoms. The van der Waals surface area contributed by atoms with Crippen LogP contribution < -0.4 is 4.90 Å². The van der Waals surface area contributed by atoms with E-state index in [4.69, 9.17) is 6.42 Å². The van der Waals surface area contributed by atoms with Crippen LogP contribution in [0.15, 0.2) is 36.5 Å². The second-order valence-corrected chi connectivity index (χ2v) is 6.01. The Kier molecular flexibility index (Phi) is 5.71. The monoisotopic (exact) mass is 357 g/mol. The maximum absolute atomic E-state index is 13.1. The molecule has 2 heterocycles. The summed E-state index contributed by atoms with van der Waals surface area (Å²) in [7, 11) is 1.99. The quantitative estimate of drug-likeness (QED) is 0.642. The zero-order valence-electron chi connectivity index (χ0n) is 14.6. The van der Waals surface area contributed by atoms with E-state index in [1.54, 1.807) is 12.1 Å². The summed E-state index contributed by atoms with van der Waals surface area (Å²) in [5.74, 6) is 3.38. The van der Waals surface area contributed by atoms with Crippen molar-refractivity contribution in [3.05, 3.63) is 59.2 Å². The van der Waals surface area contributed by atoms with E-state index in [2.05, 4.69) is 34.2 Å². The molecule has 3 nitrogen and oxygen atoms in total. The summed E-state index contributed by atoms with van der Waals surface area (Å²) in [4.78, 5) is 6.65. The molecule has 0 saturated heterocycles. The molecule has 0 atom stereocenters. The summed E-state index contributed by atoms with van der Waals surface area (Å²) >= 11 is 0. The van der Waals surface area contributed by atoms with Gasteiger partial charge in [0, 0.05) is 30.9 Å². The van der Waals surface area contributed by atoms with E-state index in [0.29, 0.717) is 13.1 Å². The Morgan fingerprint density at radius 2 is 1.88 bits per heavy atom. The van der Waals surface area contributed by atoms with Crippen molar-refractivity contribution in [2.24, 2.45) is 0 Å². The van der Waals surface area contributed by atoms with Crippen LogP contribution in [0.3, 0.4) is 0 Å². The Bertz CT molecular complexity index is 923. The molecule has 0 unspecified atom stereocenters. The molecule has 0 bridgehead atoms. The van der Waals surface area contributed by atoms with Gasteiger partial charge in [0.25, 0.3) is 0 Å². The van der Waals surface area contributed by atoms with Crippen LogP contribution in [0.5, 0.6) is 0 Å². The lowest BCUT2D eigenvalue weighted by molar-refractivity contribution is 0.627. The topological polar surface area (TPSA) is 21.1 Å². The molecule has 0 aliphatic rings. The molecule has 0 aliphatic carbocycles. The fourth-order valence-electron chi connectivity index (χ4n) is 3.08. The van der Waals surface area contributed by atoms with Crippen molar-refractivity contribution in [3.63, 3.8) is 0 Å². The van der Waals surface area contributed by atoms with E-state index in [1.807, 2.05) is 19.3 Å². The zero-order valence-corrected chi connectivity index (χ0v) is 15.4. The molecule has 0 spiro atoms. The van der Waals surface area contributed by atoms with Gasteiger partial charge in [-0.2, -0.15) is 0 Å². The largest absolute Gasteiger partial charge is 0.354 e. The lowest BCUT2D eigenvalue weighted by Crippen LogP contribution is -2.19. The van der Waals surface area contributed by atoms with Crippen molar-refractivity contribution >= 4 is 29.1 Å². The minimum Gasteiger partial charge on any atom is -0.354 e. The first kappa shape index (κ1) is 18.8. The molecule has 0 N–H and O–H groups in total. The Labute approximate surface area is 153 Å². The molecule has 0 aliphatic heterocycles. The molecule has 130 valence electrons. The number of aryl methyl sites for hydroxylation is 1.